The van der Waals surface area contributed by atoms with Crippen LogP contribution in [0.15, 0.2) is 24.3 Å². The highest BCUT2D eigenvalue weighted by Gasteiger charge is 2.40. The Morgan fingerprint density at radius 1 is 1.24 bits per heavy atom. The van der Waals surface area contributed by atoms with Gasteiger partial charge in [0.1, 0.15) is 12.1 Å². The predicted molar refractivity (Wildman–Crippen MR) is 108 cm³/mol. The van der Waals surface area contributed by atoms with Gasteiger partial charge in [-0.25, -0.2) is 4.79 Å². The molecule has 3 N–H and O–H groups in total. The molecule has 0 radical (unpaired) electrons. The summed E-state index contributed by atoms with van der Waals surface area (Å²) in [6.07, 6.45) is -0.680. The highest BCUT2D eigenvalue weighted by Crippen LogP contribution is 2.28. The number of benzene rings is 1. The Morgan fingerprint density at radius 3 is 2.34 bits per heavy atom. The number of carbonyl (C=O) groups excluding carboxylic acids is 2. The maximum Gasteiger partial charge on any atom is 0.407 e. The first kappa shape index (κ1) is 22.7. The van der Waals surface area contributed by atoms with Crippen molar-refractivity contribution in [2.45, 2.75) is 58.8 Å². The van der Waals surface area contributed by atoms with Crippen molar-refractivity contribution < 1.29 is 24.6 Å². The first-order valence-corrected chi connectivity index (χ1v) is 9.71. The molecular formula is C21H31N3O5. The molecular weight excluding hydrogens is 374 g/mol. The quantitative estimate of drug-likeness (QED) is 0.687. The van der Waals surface area contributed by atoms with Crippen molar-refractivity contribution in [3.8, 4) is 0 Å². The number of fused-ring (bicyclic) bond motifs is 1. The number of amides is 3. The van der Waals surface area contributed by atoms with Crippen LogP contribution in [-0.4, -0.2) is 69.7 Å². The molecule has 1 heterocycles. The summed E-state index contributed by atoms with van der Waals surface area (Å²) in [4.78, 5) is 39.8. The summed E-state index contributed by atoms with van der Waals surface area (Å²) in [5, 5.41) is 21.7. The summed E-state index contributed by atoms with van der Waals surface area (Å²) in [6, 6.07) is 5.61. The van der Waals surface area contributed by atoms with Crippen molar-refractivity contribution in [2.24, 2.45) is 5.41 Å². The lowest BCUT2D eigenvalue weighted by Gasteiger charge is -2.41. The summed E-state index contributed by atoms with van der Waals surface area (Å²) < 4.78 is 0. The second kappa shape index (κ2) is 8.82. The third-order valence-electron chi connectivity index (χ3n) is 5.51. The highest BCUT2D eigenvalue weighted by molar-refractivity contribution is 5.91. The van der Waals surface area contributed by atoms with Gasteiger partial charge < -0.3 is 20.4 Å². The average Bonchev–Trinajstić information content (AvgIpc) is 2.67. The van der Waals surface area contributed by atoms with Crippen LogP contribution >= 0.6 is 0 Å². The van der Waals surface area contributed by atoms with Crippen molar-refractivity contribution in [1.82, 2.24) is 15.1 Å². The molecule has 0 fully saturated rings. The molecule has 3 amide bonds. The van der Waals surface area contributed by atoms with Gasteiger partial charge in [0.25, 0.3) is 0 Å². The molecule has 0 aromatic heterocycles. The number of aliphatic hydroxyl groups excluding tert-OH is 1. The van der Waals surface area contributed by atoms with Gasteiger partial charge in [0, 0.05) is 13.6 Å². The molecule has 8 nitrogen and oxygen atoms in total. The van der Waals surface area contributed by atoms with Gasteiger partial charge in [-0.1, -0.05) is 45.0 Å². The summed E-state index contributed by atoms with van der Waals surface area (Å²) in [7, 11) is 1.31. The molecule has 1 aliphatic rings. The van der Waals surface area contributed by atoms with E-state index in [0.29, 0.717) is 13.0 Å². The number of nitrogens with zero attached hydrogens (tertiary/aromatic N) is 2. The van der Waals surface area contributed by atoms with Gasteiger partial charge in [0.2, 0.25) is 11.8 Å². The number of carboxylic acid groups (broad SMARTS) is 1. The minimum absolute atomic E-state index is 0.178. The molecule has 1 aliphatic heterocycles. The molecule has 160 valence electrons. The number of carbonyl (C=O) groups is 3. The fourth-order valence-corrected chi connectivity index (χ4v) is 3.43. The topological polar surface area (TPSA) is 110 Å². The number of likely N-dealkylation sites (N-methyl/N-ethyl adjacent to an activating group) is 1. The number of hydrogen-bond acceptors (Lipinski definition) is 4. The predicted octanol–water partition coefficient (Wildman–Crippen LogP) is 1.46. The van der Waals surface area contributed by atoms with Crippen LogP contribution in [0.25, 0.3) is 0 Å². The van der Waals surface area contributed by atoms with Crippen LogP contribution in [-0.2, 0) is 22.6 Å². The second-order valence-electron chi connectivity index (χ2n) is 8.65. The van der Waals surface area contributed by atoms with E-state index in [2.05, 4.69) is 5.32 Å². The van der Waals surface area contributed by atoms with E-state index in [1.165, 1.54) is 14.0 Å². The zero-order valence-electron chi connectivity index (χ0n) is 17.7. The molecule has 1 aromatic rings. The van der Waals surface area contributed by atoms with Crippen molar-refractivity contribution >= 4 is 17.9 Å². The Hall–Kier alpha value is -2.61. The largest absolute Gasteiger partial charge is 0.465 e. The second-order valence-corrected chi connectivity index (χ2v) is 8.65. The Labute approximate surface area is 171 Å². The smallest absolute Gasteiger partial charge is 0.407 e. The van der Waals surface area contributed by atoms with Crippen LogP contribution in [0.2, 0.25) is 0 Å². The van der Waals surface area contributed by atoms with Gasteiger partial charge >= 0.3 is 6.09 Å². The Kier molecular flexibility index (Phi) is 6.89. The lowest BCUT2D eigenvalue weighted by atomic mass is 9.84. The lowest BCUT2D eigenvalue weighted by molar-refractivity contribution is -0.144. The molecule has 29 heavy (non-hydrogen) atoms. The zero-order chi connectivity index (χ0) is 21.9. The molecule has 0 aliphatic carbocycles. The van der Waals surface area contributed by atoms with Gasteiger partial charge in [-0.15, -0.1) is 0 Å². The van der Waals surface area contributed by atoms with Crippen LogP contribution in [0.5, 0.6) is 0 Å². The molecule has 3 atom stereocenters. The highest BCUT2D eigenvalue weighted by atomic mass is 16.4. The van der Waals surface area contributed by atoms with Crippen LogP contribution in [0.4, 0.5) is 4.79 Å². The van der Waals surface area contributed by atoms with E-state index in [4.69, 9.17) is 5.11 Å². The van der Waals surface area contributed by atoms with Crippen LogP contribution in [0, 0.1) is 5.41 Å². The van der Waals surface area contributed by atoms with E-state index in [-0.39, 0.29) is 18.6 Å². The molecule has 0 spiro atoms. The third-order valence-corrected chi connectivity index (χ3v) is 5.51. The van der Waals surface area contributed by atoms with E-state index in [9.17, 15) is 19.5 Å². The normalized spacial score (nSPS) is 18.4. The summed E-state index contributed by atoms with van der Waals surface area (Å²) in [5.41, 5.74) is 1.51. The van der Waals surface area contributed by atoms with Crippen LogP contribution < -0.4 is 5.32 Å². The number of nitrogens with one attached hydrogen (secondary N) is 1. The maximum atomic E-state index is 13.5. The van der Waals surface area contributed by atoms with E-state index < -0.39 is 29.5 Å². The van der Waals surface area contributed by atoms with Crippen molar-refractivity contribution in [3.63, 3.8) is 0 Å². The van der Waals surface area contributed by atoms with Gasteiger partial charge in [-0.3, -0.25) is 14.5 Å². The van der Waals surface area contributed by atoms with Crippen LogP contribution in [0.3, 0.4) is 0 Å². The molecule has 1 aromatic carbocycles. The molecule has 0 bridgehead atoms. The number of rotatable bonds is 5. The van der Waals surface area contributed by atoms with Crippen molar-refractivity contribution in [1.29, 1.82) is 0 Å². The number of hydrogen-bond donors (Lipinski definition) is 3. The molecule has 0 saturated carbocycles. The van der Waals surface area contributed by atoms with Gasteiger partial charge in [-0.2, -0.15) is 0 Å². The van der Waals surface area contributed by atoms with Gasteiger partial charge in [-0.05, 0) is 29.9 Å². The summed E-state index contributed by atoms with van der Waals surface area (Å²) >= 11 is 0. The van der Waals surface area contributed by atoms with Gasteiger partial charge in [0.15, 0.2) is 0 Å². The average molecular weight is 405 g/mol. The standard InChI is InChI=1S/C21H31N3O5/c1-13(23(5)20(28)29)18(26)22-17(21(2,3)4)19(27)24-11-15-9-7-6-8-14(15)10-16(24)12-25/h6-9,13,16-17,25H,10-12H2,1-5H3,(H,22,26)(H,28,29)/t13-,16-,17+/m0/s1. The fourth-order valence-electron chi connectivity index (χ4n) is 3.43. The summed E-state index contributed by atoms with van der Waals surface area (Å²) in [5.74, 6) is -0.828. The van der Waals surface area contributed by atoms with Crippen molar-refractivity contribution in [2.75, 3.05) is 13.7 Å². The monoisotopic (exact) mass is 405 g/mol. The van der Waals surface area contributed by atoms with Crippen LogP contribution in [0.1, 0.15) is 38.8 Å². The lowest BCUT2D eigenvalue weighted by Crippen LogP contribution is -2.60. The first-order valence-electron chi connectivity index (χ1n) is 9.71. The van der Waals surface area contributed by atoms with Crippen molar-refractivity contribution in [3.05, 3.63) is 35.4 Å². The minimum Gasteiger partial charge on any atom is -0.465 e. The Balaban J connectivity index is 2.27. The number of aliphatic hydroxyl groups is 1. The molecule has 0 unspecified atom stereocenters. The fraction of sp³-hybridized carbons (Fsp3) is 0.571. The summed E-state index contributed by atoms with van der Waals surface area (Å²) in [6.45, 7) is 7.17. The third kappa shape index (κ3) is 5.06. The molecule has 8 heteroatoms. The van der Waals surface area contributed by atoms with E-state index in [1.807, 2.05) is 45.0 Å². The Bertz CT molecular complexity index is 774. The van der Waals surface area contributed by atoms with E-state index >= 15 is 0 Å². The first-order chi connectivity index (χ1) is 13.5. The molecule has 2 rings (SSSR count). The van der Waals surface area contributed by atoms with Gasteiger partial charge in [0.05, 0.1) is 12.6 Å². The maximum absolute atomic E-state index is 13.5. The minimum atomic E-state index is -1.22. The zero-order valence-corrected chi connectivity index (χ0v) is 17.7. The SMILES string of the molecule is C[C@@H](C(=O)N[C@H](C(=O)N1Cc2ccccc2C[C@H]1CO)C(C)(C)C)N(C)C(=O)O. The van der Waals surface area contributed by atoms with E-state index in [0.717, 1.165) is 16.0 Å². The molecule has 0 saturated heterocycles. The Morgan fingerprint density at radius 2 is 1.83 bits per heavy atom. The van der Waals surface area contributed by atoms with E-state index in [1.54, 1.807) is 4.90 Å².